The second kappa shape index (κ2) is 3.45. The molecule has 1 heterocycles. The molecule has 1 saturated carbocycles. The number of nitrogens with two attached hydrogens (primary N) is 1. The fourth-order valence-corrected chi connectivity index (χ4v) is 1.83. The lowest BCUT2D eigenvalue weighted by molar-refractivity contribution is 0.603. The van der Waals surface area contributed by atoms with Crippen molar-refractivity contribution in [1.29, 1.82) is 0 Å². The number of H-pyrrole nitrogens is 1. The van der Waals surface area contributed by atoms with Crippen LogP contribution in [0.2, 0.25) is 0 Å². The molecule has 1 aliphatic rings. The summed E-state index contributed by atoms with van der Waals surface area (Å²) in [6.07, 6.45) is 3.80. The first-order chi connectivity index (χ1) is 7.00. The summed E-state index contributed by atoms with van der Waals surface area (Å²) in [6, 6.07) is 0. The van der Waals surface area contributed by atoms with Crippen molar-refractivity contribution in [2.45, 2.75) is 45.1 Å². The van der Waals surface area contributed by atoms with E-state index in [-0.39, 0.29) is 11.1 Å². The van der Waals surface area contributed by atoms with Crippen molar-refractivity contribution >= 4 is 0 Å². The van der Waals surface area contributed by atoms with Crippen LogP contribution in [-0.2, 0) is 6.42 Å². The normalized spacial score (nSPS) is 17.8. The second-order valence-corrected chi connectivity index (χ2v) is 4.58. The van der Waals surface area contributed by atoms with E-state index in [0.717, 1.165) is 36.9 Å². The Morgan fingerprint density at radius 1 is 1.47 bits per heavy atom. The molecule has 1 aromatic rings. The van der Waals surface area contributed by atoms with E-state index in [1.165, 1.54) is 0 Å². The van der Waals surface area contributed by atoms with Crippen LogP contribution in [0.25, 0.3) is 0 Å². The highest BCUT2D eigenvalue weighted by Crippen LogP contribution is 2.36. The first-order valence-electron chi connectivity index (χ1n) is 5.35. The van der Waals surface area contributed by atoms with E-state index in [4.69, 9.17) is 5.73 Å². The Morgan fingerprint density at radius 3 is 2.67 bits per heavy atom. The predicted octanol–water partition coefficient (Wildman–Crippen LogP) is 0.811. The van der Waals surface area contributed by atoms with Gasteiger partial charge >= 0.3 is 0 Å². The summed E-state index contributed by atoms with van der Waals surface area (Å²) in [7, 11) is 0. The van der Waals surface area contributed by atoms with Gasteiger partial charge in [0, 0.05) is 16.8 Å². The molecule has 15 heavy (non-hydrogen) atoms. The molecule has 0 spiro atoms. The van der Waals surface area contributed by atoms with Crippen LogP contribution in [0.1, 0.15) is 36.3 Å². The molecule has 4 heteroatoms. The van der Waals surface area contributed by atoms with E-state index in [0.29, 0.717) is 5.82 Å². The van der Waals surface area contributed by atoms with Crippen LogP contribution in [0.5, 0.6) is 0 Å². The average molecular weight is 207 g/mol. The molecule has 4 nitrogen and oxygen atoms in total. The fraction of sp³-hybridized carbons (Fsp3) is 0.636. The molecular formula is C11H17N3O. The van der Waals surface area contributed by atoms with E-state index in [1.54, 1.807) is 6.92 Å². The number of hydrogen-bond donors (Lipinski definition) is 2. The molecule has 0 aliphatic heterocycles. The maximum Gasteiger partial charge on any atom is 0.254 e. The summed E-state index contributed by atoms with van der Waals surface area (Å²) in [5.41, 5.74) is 7.61. The largest absolute Gasteiger partial charge is 0.325 e. The van der Waals surface area contributed by atoms with Gasteiger partial charge in [-0.1, -0.05) is 0 Å². The Balaban J connectivity index is 2.17. The summed E-state index contributed by atoms with van der Waals surface area (Å²) in [6.45, 7) is 3.68. The quantitative estimate of drug-likeness (QED) is 0.770. The van der Waals surface area contributed by atoms with Gasteiger partial charge in [0.15, 0.2) is 0 Å². The molecule has 2 rings (SSSR count). The molecule has 0 amide bonds. The van der Waals surface area contributed by atoms with E-state index in [2.05, 4.69) is 9.97 Å². The van der Waals surface area contributed by atoms with Gasteiger partial charge in [-0.25, -0.2) is 4.98 Å². The zero-order valence-electron chi connectivity index (χ0n) is 9.26. The van der Waals surface area contributed by atoms with Gasteiger partial charge in [-0.2, -0.15) is 0 Å². The molecule has 0 atom stereocenters. The molecule has 0 radical (unpaired) electrons. The fourth-order valence-electron chi connectivity index (χ4n) is 1.83. The smallest absolute Gasteiger partial charge is 0.254 e. The Bertz CT molecular complexity index is 432. The third kappa shape index (κ3) is 2.26. The Kier molecular flexibility index (Phi) is 2.38. The Hall–Kier alpha value is -1.16. The van der Waals surface area contributed by atoms with E-state index >= 15 is 0 Å². The minimum Gasteiger partial charge on any atom is -0.325 e. The van der Waals surface area contributed by atoms with Crippen LogP contribution in [0.4, 0.5) is 0 Å². The summed E-state index contributed by atoms with van der Waals surface area (Å²) in [4.78, 5) is 18.6. The zero-order chi connectivity index (χ0) is 11.1. The van der Waals surface area contributed by atoms with Gasteiger partial charge in [0.1, 0.15) is 5.82 Å². The molecule has 3 N–H and O–H groups in total. The minimum absolute atomic E-state index is 0.00374. The van der Waals surface area contributed by atoms with Gasteiger partial charge < -0.3 is 10.7 Å². The first-order valence-corrected chi connectivity index (χ1v) is 5.35. The van der Waals surface area contributed by atoms with Gasteiger partial charge in [-0.3, -0.25) is 4.79 Å². The molecule has 0 bridgehead atoms. The van der Waals surface area contributed by atoms with Crippen molar-refractivity contribution in [2.75, 3.05) is 0 Å². The maximum absolute atomic E-state index is 11.7. The summed E-state index contributed by atoms with van der Waals surface area (Å²) < 4.78 is 0. The number of nitrogens with one attached hydrogen (secondary N) is 1. The number of aryl methyl sites for hydroxylation is 2. The van der Waals surface area contributed by atoms with Crippen molar-refractivity contribution in [3.05, 3.63) is 27.4 Å². The van der Waals surface area contributed by atoms with Crippen molar-refractivity contribution in [2.24, 2.45) is 5.73 Å². The molecule has 0 aromatic carbocycles. The SMILES string of the molecule is Cc1nc(C)c(CCC2(N)CC2)c(=O)[nH]1. The van der Waals surface area contributed by atoms with Gasteiger partial charge in [0.25, 0.3) is 5.56 Å². The maximum atomic E-state index is 11.7. The summed E-state index contributed by atoms with van der Waals surface area (Å²) in [5, 5.41) is 0. The minimum atomic E-state index is -0.00995. The van der Waals surface area contributed by atoms with Crippen LogP contribution in [0.3, 0.4) is 0 Å². The lowest BCUT2D eigenvalue weighted by Gasteiger charge is -2.09. The van der Waals surface area contributed by atoms with Crippen LogP contribution in [0.15, 0.2) is 4.79 Å². The third-order valence-corrected chi connectivity index (χ3v) is 3.11. The lowest BCUT2D eigenvalue weighted by atomic mass is 10.0. The summed E-state index contributed by atoms with van der Waals surface area (Å²) in [5.74, 6) is 0.676. The zero-order valence-corrected chi connectivity index (χ0v) is 9.26. The Labute approximate surface area is 88.9 Å². The molecular weight excluding hydrogens is 190 g/mol. The third-order valence-electron chi connectivity index (χ3n) is 3.11. The summed E-state index contributed by atoms with van der Waals surface area (Å²) >= 11 is 0. The van der Waals surface area contributed by atoms with Gasteiger partial charge in [-0.15, -0.1) is 0 Å². The van der Waals surface area contributed by atoms with Gasteiger partial charge in [-0.05, 0) is 39.5 Å². The highest BCUT2D eigenvalue weighted by Gasteiger charge is 2.37. The number of aromatic amines is 1. The lowest BCUT2D eigenvalue weighted by Crippen LogP contribution is -2.25. The number of aromatic nitrogens is 2. The van der Waals surface area contributed by atoms with Crippen LogP contribution < -0.4 is 11.3 Å². The number of nitrogens with zero attached hydrogens (tertiary/aromatic N) is 1. The average Bonchev–Trinajstić information content (AvgIpc) is 2.82. The van der Waals surface area contributed by atoms with Gasteiger partial charge in [0.05, 0.1) is 0 Å². The van der Waals surface area contributed by atoms with Crippen molar-refractivity contribution in [3.63, 3.8) is 0 Å². The molecule has 1 aliphatic carbocycles. The van der Waals surface area contributed by atoms with Crippen molar-refractivity contribution in [1.82, 2.24) is 9.97 Å². The van der Waals surface area contributed by atoms with E-state index < -0.39 is 0 Å². The van der Waals surface area contributed by atoms with Crippen LogP contribution in [0, 0.1) is 13.8 Å². The highest BCUT2D eigenvalue weighted by atomic mass is 16.1. The molecule has 0 unspecified atom stereocenters. The van der Waals surface area contributed by atoms with Crippen molar-refractivity contribution < 1.29 is 0 Å². The molecule has 82 valence electrons. The van der Waals surface area contributed by atoms with Gasteiger partial charge in [0.2, 0.25) is 0 Å². The van der Waals surface area contributed by atoms with Crippen molar-refractivity contribution in [3.8, 4) is 0 Å². The molecule has 1 fully saturated rings. The molecule has 1 aromatic heterocycles. The van der Waals surface area contributed by atoms with Crippen LogP contribution >= 0.6 is 0 Å². The highest BCUT2D eigenvalue weighted by molar-refractivity contribution is 5.17. The Morgan fingerprint density at radius 2 is 2.13 bits per heavy atom. The number of rotatable bonds is 3. The second-order valence-electron chi connectivity index (χ2n) is 4.58. The topological polar surface area (TPSA) is 71.8 Å². The first kappa shape index (κ1) is 10.4. The van der Waals surface area contributed by atoms with E-state index in [9.17, 15) is 4.79 Å². The predicted molar refractivity (Wildman–Crippen MR) is 58.8 cm³/mol. The van der Waals surface area contributed by atoms with E-state index in [1.807, 2.05) is 6.92 Å². The number of hydrogen-bond acceptors (Lipinski definition) is 3. The monoisotopic (exact) mass is 207 g/mol. The molecule has 0 saturated heterocycles. The van der Waals surface area contributed by atoms with Crippen LogP contribution in [-0.4, -0.2) is 15.5 Å². The standard InChI is InChI=1S/C11H17N3O/c1-7-9(3-4-11(12)5-6-11)10(15)14-8(2)13-7/h3-6,12H2,1-2H3,(H,13,14,15).